The predicted octanol–water partition coefficient (Wildman–Crippen LogP) is 2.46. The molecule has 0 aromatic heterocycles. The Balaban J connectivity index is 1.55. The van der Waals surface area contributed by atoms with E-state index in [-0.39, 0.29) is 11.9 Å². The summed E-state index contributed by atoms with van der Waals surface area (Å²) in [7, 11) is 0. The van der Waals surface area contributed by atoms with Crippen LogP contribution in [0.5, 0.6) is 0 Å². The van der Waals surface area contributed by atoms with Crippen LogP contribution in [0.4, 0.5) is 4.39 Å². The van der Waals surface area contributed by atoms with Crippen LogP contribution in [0, 0.1) is 5.82 Å². The highest BCUT2D eigenvalue weighted by Crippen LogP contribution is 2.28. The molecular weight excluding hydrogens is 267 g/mol. The third kappa shape index (κ3) is 3.44. The second-order valence-electron chi connectivity index (χ2n) is 6.51. The van der Waals surface area contributed by atoms with Crippen LogP contribution in [0.2, 0.25) is 0 Å². The third-order valence-corrected chi connectivity index (χ3v) is 5.00. The summed E-state index contributed by atoms with van der Waals surface area (Å²) in [6.45, 7) is 4.43. The molecule has 2 N–H and O–H groups in total. The van der Waals surface area contributed by atoms with Crippen LogP contribution in [0.1, 0.15) is 44.3 Å². The first-order chi connectivity index (χ1) is 10.1. The number of hydrogen-bond donors (Lipinski definition) is 2. The standard InChI is InChI=1S/C17H25FN2O/c1-12(17(21)13-4-6-14(18)7-5-13)19-15-8-10-20-9-2-3-16(20)11-15/h4-7,12,15-17,19,21H,2-3,8-11H2,1H3. The maximum atomic E-state index is 12.9. The number of nitrogens with one attached hydrogen (secondary N) is 1. The molecule has 4 unspecified atom stereocenters. The van der Waals surface area contributed by atoms with Gasteiger partial charge in [-0.15, -0.1) is 0 Å². The van der Waals surface area contributed by atoms with Crippen LogP contribution in [-0.4, -0.2) is 41.2 Å². The maximum absolute atomic E-state index is 12.9. The second kappa shape index (κ2) is 6.42. The molecule has 1 aromatic carbocycles. The number of nitrogens with zero attached hydrogens (tertiary/aromatic N) is 1. The van der Waals surface area contributed by atoms with Crippen molar-refractivity contribution in [3.05, 3.63) is 35.6 Å². The Morgan fingerprint density at radius 3 is 2.76 bits per heavy atom. The van der Waals surface area contributed by atoms with E-state index < -0.39 is 6.10 Å². The van der Waals surface area contributed by atoms with Crippen LogP contribution in [0.25, 0.3) is 0 Å². The van der Waals surface area contributed by atoms with Crippen molar-refractivity contribution in [2.24, 2.45) is 0 Å². The van der Waals surface area contributed by atoms with E-state index in [0.717, 1.165) is 18.0 Å². The van der Waals surface area contributed by atoms with E-state index >= 15 is 0 Å². The molecule has 2 heterocycles. The quantitative estimate of drug-likeness (QED) is 0.895. The van der Waals surface area contributed by atoms with E-state index in [2.05, 4.69) is 10.2 Å². The average Bonchev–Trinajstić information content (AvgIpc) is 2.95. The Morgan fingerprint density at radius 2 is 2.00 bits per heavy atom. The van der Waals surface area contributed by atoms with Crippen LogP contribution in [-0.2, 0) is 0 Å². The van der Waals surface area contributed by atoms with E-state index in [1.807, 2.05) is 6.92 Å². The van der Waals surface area contributed by atoms with Crippen molar-refractivity contribution in [1.82, 2.24) is 10.2 Å². The molecular formula is C17H25FN2O. The zero-order valence-electron chi connectivity index (χ0n) is 12.6. The van der Waals surface area contributed by atoms with Gasteiger partial charge in [-0.3, -0.25) is 0 Å². The first-order valence-corrected chi connectivity index (χ1v) is 8.07. The Bertz CT molecular complexity index is 464. The first-order valence-electron chi connectivity index (χ1n) is 8.07. The monoisotopic (exact) mass is 292 g/mol. The summed E-state index contributed by atoms with van der Waals surface area (Å²) in [6.07, 6.45) is 4.38. The molecule has 21 heavy (non-hydrogen) atoms. The number of aliphatic hydroxyl groups excluding tert-OH is 1. The smallest absolute Gasteiger partial charge is 0.123 e. The number of benzene rings is 1. The largest absolute Gasteiger partial charge is 0.387 e. The molecule has 116 valence electrons. The van der Waals surface area contributed by atoms with E-state index in [1.54, 1.807) is 12.1 Å². The molecule has 0 bridgehead atoms. The molecule has 4 atom stereocenters. The molecule has 3 nitrogen and oxygen atoms in total. The summed E-state index contributed by atoms with van der Waals surface area (Å²) in [4.78, 5) is 2.60. The average molecular weight is 292 g/mol. The molecule has 2 aliphatic heterocycles. The van der Waals surface area contributed by atoms with E-state index in [1.165, 1.54) is 44.5 Å². The number of fused-ring (bicyclic) bond motifs is 1. The number of halogens is 1. The Labute approximate surface area is 126 Å². The van der Waals surface area contributed by atoms with Crippen molar-refractivity contribution in [3.8, 4) is 0 Å². The van der Waals surface area contributed by atoms with E-state index in [0.29, 0.717) is 6.04 Å². The molecule has 0 saturated carbocycles. The zero-order chi connectivity index (χ0) is 14.8. The highest BCUT2D eigenvalue weighted by molar-refractivity contribution is 5.19. The second-order valence-corrected chi connectivity index (χ2v) is 6.51. The van der Waals surface area contributed by atoms with Gasteiger partial charge in [0.05, 0.1) is 6.10 Å². The highest BCUT2D eigenvalue weighted by Gasteiger charge is 2.32. The van der Waals surface area contributed by atoms with Gasteiger partial charge in [-0.25, -0.2) is 4.39 Å². The van der Waals surface area contributed by atoms with Gasteiger partial charge in [0.25, 0.3) is 0 Å². The Morgan fingerprint density at radius 1 is 1.24 bits per heavy atom. The van der Waals surface area contributed by atoms with Gasteiger partial charge in [-0.05, 0) is 63.4 Å². The van der Waals surface area contributed by atoms with Gasteiger partial charge in [0.2, 0.25) is 0 Å². The van der Waals surface area contributed by atoms with Crippen LogP contribution in [0.15, 0.2) is 24.3 Å². The molecule has 0 radical (unpaired) electrons. The summed E-state index contributed by atoms with van der Waals surface area (Å²) >= 11 is 0. The highest BCUT2D eigenvalue weighted by atomic mass is 19.1. The number of aliphatic hydroxyl groups is 1. The lowest BCUT2D eigenvalue weighted by Crippen LogP contribution is -2.49. The lowest BCUT2D eigenvalue weighted by molar-refractivity contribution is 0.107. The molecule has 2 aliphatic rings. The van der Waals surface area contributed by atoms with Gasteiger partial charge in [0.15, 0.2) is 0 Å². The third-order valence-electron chi connectivity index (χ3n) is 5.00. The van der Waals surface area contributed by atoms with Crippen LogP contribution in [0.3, 0.4) is 0 Å². The molecule has 0 amide bonds. The molecule has 4 heteroatoms. The zero-order valence-corrected chi connectivity index (χ0v) is 12.6. The fourth-order valence-corrected chi connectivity index (χ4v) is 3.79. The summed E-state index contributed by atoms with van der Waals surface area (Å²) in [5.74, 6) is -0.264. The number of hydrogen-bond acceptors (Lipinski definition) is 3. The van der Waals surface area contributed by atoms with Crippen molar-refractivity contribution in [3.63, 3.8) is 0 Å². The predicted molar refractivity (Wildman–Crippen MR) is 81.6 cm³/mol. The lowest BCUT2D eigenvalue weighted by atomic mass is 9.95. The molecule has 0 aliphatic carbocycles. The van der Waals surface area contributed by atoms with Crippen LogP contribution < -0.4 is 5.32 Å². The van der Waals surface area contributed by atoms with Crippen LogP contribution >= 0.6 is 0 Å². The minimum absolute atomic E-state index is 0.0200. The minimum Gasteiger partial charge on any atom is -0.387 e. The topological polar surface area (TPSA) is 35.5 Å². The summed E-state index contributed by atoms with van der Waals surface area (Å²) in [6, 6.07) is 7.33. The van der Waals surface area contributed by atoms with Gasteiger partial charge in [-0.1, -0.05) is 12.1 Å². The van der Waals surface area contributed by atoms with Gasteiger partial charge in [0, 0.05) is 18.1 Å². The SMILES string of the molecule is CC(NC1CCN2CCCC2C1)C(O)c1ccc(F)cc1. The van der Waals surface area contributed by atoms with Gasteiger partial charge >= 0.3 is 0 Å². The molecule has 2 saturated heterocycles. The molecule has 1 aromatic rings. The number of rotatable bonds is 4. The van der Waals surface area contributed by atoms with Gasteiger partial charge in [0.1, 0.15) is 5.82 Å². The Hall–Kier alpha value is -0.970. The normalized spacial score (nSPS) is 29.1. The summed E-state index contributed by atoms with van der Waals surface area (Å²) in [5, 5.41) is 14.0. The van der Waals surface area contributed by atoms with Crippen molar-refractivity contribution in [2.75, 3.05) is 13.1 Å². The molecule has 2 fully saturated rings. The molecule has 0 spiro atoms. The van der Waals surface area contributed by atoms with Gasteiger partial charge < -0.3 is 15.3 Å². The van der Waals surface area contributed by atoms with Crippen molar-refractivity contribution in [1.29, 1.82) is 0 Å². The fraction of sp³-hybridized carbons (Fsp3) is 0.647. The minimum atomic E-state index is -0.591. The Kier molecular flexibility index (Phi) is 4.57. The first kappa shape index (κ1) is 14.9. The fourth-order valence-electron chi connectivity index (χ4n) is 3.79. The summed E-state index contributed by atoms with van der Waals surface area (Å²) < 4.78 is 12.9. The van der Waals surface area contributed by atoms with Crippen molar-refractivity contribution >= 4 is 0 Å². The molecule has 3 rings (SSSR count). The number of piperidine rings is 1. The van der Waals surface area contributed by atoms with E-state index in [4.69, 9.17) is 0 Å². The van der Waals surface area contributed by atoms with Crippen molar-refractivity contribution < 1.29 is 9.50 Å². The summed E-state index contributed by atoms with van der Waals surface area (Å²) in [5.41, 5.74) is 0.773. The lowest BCUT2D eigenvalue weighted by Gasteiger charge is -2.37. The van der Waals surface area contributed by atoms with Crippen molar-refractivity contribution in [2.45, 2.75) is 56.8 Å². The maximum Gasteiger partial charge on any atom is 0.123 e. The van der Waals surface area contributed by atoms with Gasteiger partial charge in [-0.2, -0.15) is 0 Å². The van der Waals surface area contributed by atoms with E-state index in [9.17, 15) is 9.50 Å².